The van der Waals surface area contributed by atoms with Crippen LogP contribution in [0.25, 0.3) is 0 Å². The minimum absolute atomic E-state index is 0.158. The van der Waals surface area contributed by atoms with Crippen molar-refractivity contribution in [2.24, 2.45) is 5.41 Å². The number of carbonyl (C=O) groups excluding carboxylic acids is 1. The number of rotatable bonds is 8. The second-order valence-corrected chi connectivity index (χ2v) is 5.27. The first-order valence-electron chi connectivity index (χ1n) is 7.23. The van der Waals surface area contributed by atoms with E-state index in [0.717, 1.165) is 64.8 Å². The van der Waals surface area contributed by atoms with Crippen LogP contribution < -0.4 is 10.6 Å². The molecule has 1 atom stereocenters. The molecular weight excluding hydrogens is 228 g/mol. The van der Waals surface area contributed by atoms with E-state index in [1.165, 1.54) is 0 Å². The van der Waals surface area contributed by atoms with Gasteiger partial charge >= 0.3 is 0 Å². The molecule has 0 aliphatic carbocycles. The standard InChI is InChI=1S/C14H28N2O2/c1-3-7-14(8-6-9-15-12-14)13(17)16-10-4-5-11-18-2/h15H,3-12H2,1-2H3,(H,16,17). The lowest BCUT2D eigenvalue weighted by Crippen LogP contribution is -2.50. The molecule has 1 amide bonds. The average Bonchev–Trinajstić information content (AvgIpc) is 2.39. The third-order valence-electron chi connectivity index (χ3n) is 3.74. The van der Waals surface area contributed by atoms with E-state index >= 15 is 0 Å². The van der Waals surface area contributed by atoms with E-state index in [1.54, 1.807) is 7.11 Å². The second kappa shape index (κ2) is 8.48. The van der Waals surface area contributed by atoms with Gasteiger partial charge in [-0.2, -0.15) is 0 Å². The van der Waals surface area contributed by atoms with Crippen molar-refractivity contribution in [1.82, 2.24) is 10.6 Å². The highest BCUT2D eigenvalue weighted by Crippen LogP contribution is 2.31. The van der Waals surface area contributed by atoms with E-state index in [1.807, 2.05) is 0 Å². The number of nitrogens with one attached hydrogen (secondary N) is 2. The third kappa shape index (κ3) is 4.58. The third-order valence-corrected chi connectivity index (χ3v) is 3.74. The van der Waals surface area contributed by atoms with Gasteiger partial charge in [-0.15, -0.1) is 0 Å². The number of methoxy groups -OCH3 is 1. The van der Waals surface area contributed by atoms with E-state index in [-0.39, 0.29) is 11.3 Å². The molecule has 0 aromatic heterocycles. The largest absolute Gasteiger partial charge is 0.385 e. The number of hydrogen-bond acceptors (Lipinski definition) is 3. The fraction of sp³-hybridized carbons (Fsp3) is 0.929. The predicted molar refractivity (Wildman–Crippen MR) is 73.6 cm³/mol. The average molecular weight is 256 g/mol. The van der Waals surface area contributed by atoms with Gasteiger partial charge in [-0.3, -0.25) is 4.79 Å². The Morgan fingerprint density at radius 3 is 2.89 bits per heavy atom. The summed E-state index contributed by atoms with van der Waals surface area (Å²) in [4.78, 5) is 12.4. The molecule has 4 nitrogen and oxygen atoms in total. The topological polar surface area (TPSA) is 50.4 Å². The van der Waals surface area contributed by atoms with Crippen LogP contribution >= 0.6 is 0 Å². The maximum atomic E-state index is 12.4. The molecule has 0 aromatic carbocycles. The molecule has 1 unspecified atom stereocenters. The Hall–Kier alpha value is -0.610. The molecule has 4 heteroatoms. The van der Waals surface area contributed by atoms with Crippen molar-refractivity contribution in [3.8, 4) is 0 Å². The smallest absolute Gasteiger partial charge is 0.227 e. The van der Waals surface area contributed by atoms with Gasteiger partial charge in [0.25, 0.3) is 0 Å². The van der Waals surface area contributed by atoms with Crippen LogP contribution in [-0.4, -0.2) is 39.3 Å². The number of unbranched alkanes of at least 4 members (excludes halogenated alkanes) is 1. The van der Waals surface area contributed by atoms with E-state index < -0.39 is 0 Å². The summed E-state index contributed by atoms with van der Waals surface area (Å²) in [6.07, 6.45) is 6.20. The van der Waals surface area contributed by atoms with Crippen molar-refractivity contribution in [2.75, 3.05) is 33.4 Å². The van der Waals surface area contributed by atoms with Gasteiger partial charge in [-0.05, 0) is 38.6 Å². The summed E-state index contributed by atoms with van der Waals surface area (Å²) in [6, 6.07) is 0. The van der Waals surface area contributed by atoms with Crippen molar-refractivity contribution < 1.29 is 9.53 Å². The minimum atomic E-state index is -0.158. The summed E-state index contributed by atoms with van der Waals surface area (Å²) in [5.41, 5.74) is -0.158. The van der Waals surface area contributed by atoms with Crippen molar-refractivity contribution in [1.29, 1.82) is 0 Å². The highest BCUT2D eigenvalue weighted by Gasteiger charge is 2.38. The zero-order valence-electron chi connectivity index (χ0n) is 11.9. The molecule has 1 rings (SSSR count). The summed E-state index contributed by atoms with van der Waals surface area (Å²) in [6.45, 7) is 5.59. The zero-order valence-corrected chi connectivity index (χ0v) is 11.9. The minimum Gasteiger partial charge on any atom is -0.385 e. The normalized spacial score (nSPS) is 23.9. The van der Waals surface area contributed by atoms with Gasteiger partial charge in [0.05, 0.1) is 5.41 Å². The molecule has 0 spiro atoms. The predicted octanol–water partition coefficient (Wildman–Crippen LogP) is 1.70. The molecule has 0 bridgehead atoms. The van der Waals surface area contributed by atoms with Crippen LogP contribution in [0, 0.1) is 5.41 Å². The van der Waals surface area contributed by atoms with Gasteiger partial charge in [0.15, 0.2) is 0 Å². The molecule has 1 fully saturated rings. The van der Waals surface area contributed by atoms with Gasteiger partial charge in [0, 0.05) is 26.8 Å². The fourth-order valence-electron chi connectivity index (χ4n) is 2.73. The monoisotopic (exact) mass is 256 g/mol. The van der Waals surface area contributed by atoms with Gasteiger partial charge in [-0.1, -0.05) is 13.3 Å². The van der Waals surface area contributed by atoms with Crippen LogP contribution in [0.5, 0.6) is 0 Å². The summed E-state index contributed by atoms with van der Waals surface area (Å²) in [5, 5.41) is 6.47. The molecule has 18 heavy (non-hydrogen) atoms. The molecule has 1 saturated heterocycles. The first-order chi connectivity index (χ1) is 8.75. The highest BCUT2D eigenvalue weighted by atomic mass is 16.5. The van der Waals surface area contributed by atoms with E-state index in [0.29, 0.717) is 0 Å². The van der Waals surface area contributed by atoms with Crippen molar-refractivity contribution in [3.05, 3.63) is 0 Å². The van der Waals surface area contributed by atoms with Crippen LogP contribution in [0.4, 0.5) is 0 Å². The van der Waals surface area contributed by atoms with Crippen LogP contribution in [0.2, 0.25) is 0 Å². The van der Waals surface area contributed by atoms with Crippen LogP contribution in [-0.2, 0) is 9.53 Å². The molecule has 106 valence electrons. The van der Waals surface area contributed by atoms with Crippen molar-refractivity contribution in [3.63, 3.8) is 0 Å². The van der Waals surface area contributed by atoms with E-state index in [4.69, 9.17) is 4.74 Å². The summed E-state index contributed by atoms with van der Waals surface area (Å²) >= 11 is 0. The first kappa shape index (κ1) is 15.4. The molecule has 0 aromatic rings. The van der Waals surface area contributed by atoms with Gasteiger partial charge in [-0.25, -0.2) is 0 Å². The van der Waals surface area contributed by atoms with E-state index in [2.05, 4.69) is 17.6 Å². The number of hydrogen-bond donors (Lipinski definition) is 2. The number of amides is 1. The van der Waals surface area contributed by atoms with Crippen molar-refractivity contribution >= 4 is 5.91 Å². The summed E-state index contributed by atoms with van der Waals surface area (Å²) < 4.78 is 5.00. The molecule has 1 aliphatic rings. The number of ether oxygens (including phenoxy) is 1. The number of piperidine rings is 1. The van der Waals surface area contributed by atoms with Gasteiger partial charge < -0.3 is 15.4 Å². The SMILES string of the molecule is CCCC1(C(=O)NCCCCOC)CCCNC1. The molecule has 1 heterocycles. The Morgan fingerprint density at radius 1 is 1.44 bits per heavy atom. The fourth-order valence-corrected chi connectivity index (χ4v) is 2.73. The molecular formula is C14H28N2O2. The van der Waals surface area contributed by atoms with Gasteiger partial charge in [0.1, 0.15) is 0 Å². The lowest BCUT2D eigenvalue weighted by atomic mass is 9.76. The van der Waals surface area contributed by atoms with Gasteiger partial charge in [0.2, 0.25) is 5.91 Å². The maximum absolute atomic E-state index is 12.4. The molecule has 2 N–H and O–H groups in total. The van der Waals surface area contributed by atoms with Crippen LogP contribution in [0.3, 0.4) is 0 Å². The Balaban J connectivity index is 2.35. The Kier molecular flexibility index (Phi) is 7.28. The number of carbonyl (C=O) groups is 1. The first-order valence-corrected chi connectivity index (χ1v) is 7.23. The van der Waals surface area contributed by atoms with Crippen molar-refractivity contribution in [2.45, 2.75) is 45.4 Å². The second-order valence-electron chi connectivity index (χ2n) is 5.27. The van der Waals surface area contributed by atoms with Crippen LogP contribution in [0.15, 0.2) is 0 Å². The lowest BCUT2D eigenvalue weighted by Gasteiger charge is -2.36. The quantitative estimate of drug-likeness (QED) is 0.650. The summed E-state index contributed by atoms with van der Waals surface area (Å²) in [5.74, 6) is 0.244. The zero-order chi connectivity index (χ0) is 13.3. The molecule has 0 radical (unpaired) electrons. The summed E-state index contributed by atoms with van der Waals surface area (Å²) in [7, 11) is 1.71. The van der Waals surface area contributed by atoms with E-state index in [9.17, 15) is 4.79 Å². The van der Waals surface area contributed by atoms with Crippen LogP contribution in [0.1, 0.15) is 45.4 Å². The molecule has 1 aliphatic heterocycles. The Morgan fingerprint density at radius 2 is 2.28 bits per heavy atom. The maximum Gasteiger partial charge on any atom is 0.227 e. The Labute approximate surface area is 111 Å². The highest BCUT2D eigenvalue weighted by molar-refractivity contribution is 5.83. The Bertz CT molecular complexity index is 232. The molecule has 0 saturated carbocycles. The lowest BCUT2D eigenvalue weighted by molar-refractivity contribution is -0.132.